The fourth-order valence-corrected chi connectivity index (χ4v) is 3.76. The van der Waals surface area contributed by atoms with Gasteiger partial charge in [0.15, 0.2) is 0 Å². The Bertz CT molecular complexity index is 694. The van der Waals surface area contributed by atoms with Crippen molar-refractivity contribution in [2.24, 2.45) is 0 Å². The van der Waals surface area contributed by atoms with Crippen LogP contribution >= 0.6 is 11.8 Å². The topological polar surface area (TPSA) is 45.2 Å². The summed E-state index contributed by atoms with van der Waals surface area (Å²) in [6.45, 7) is 6.39. The van der Waals surface area contributed by atoms with E-state index >= 15 is 0 Å². The summed E-state index contributed by atoms with van der Waals surface area (Å²) in [5, 5.41) is 3.39. The Balaban J connectivity index is 1.70. The van der Waals surface area contributed by atoms with Crippen LogP contribution in [0.25, 0.3) is 0 Å². The van der Waals surface area contributed by atoms with Crippen molar-refractivity contribution in [2.75, 3.05) is 23.3 Å². The van der Waals surface area contributed by atoms with Gasteiger partial charge in [0.1, 0.15) is 5.82 Å². The third kappa shape index (κ3) is 4.09. The monoisotopic (exact) mass is 341 g/mol. The van der Waals surface area contributed by atoms with Gasteiger partial charge in [0.25, 0.3) is 5.91 Å². The molecule has 1 saturated heterocycles. The van der Waals surface area contributed by atoms with Crippen molar-refractivity contribution in [1.29, 1.82) is 0 Å². The van der Waals surface area contributed by atoms with Gasteiger partial charge in [-0.2, -0.15) is 0 Å². The third-order valence-corrected chi connectivity index (χ3v) is 5.01. The Hall–Kier alpha value is -2.01. The standard InChI is InChI=1S/C19H23N3OS/c1-14(2)24-17-8-4-3-7-16(17)19(23)21-15-9-10-18(20-13-15)22-11-5-6-12-22/h3-4,7-10,13-14H,5-6,11-12H2,1-2H3,(H,21,23). The van der Waals surface area contributed by atoms with Crippen molar-refractivity contribution < 1.29 is 4.79 Å². The first kappa shape index (κ1) is 16.8. The molecule has 1 aromatic carbocycles. The third-order valence-electron chi connectivity index (χ3n) is 3.93. The van der Waals surface area contributed by atoms with Crippen LogP contribution in [0.3, 0.4) is 0 Å². The molecule has 1 aliphatic rings. The highest BCUT2D eigenvalue weighted by atomic mass is 32.2. The number of benzene rings is 1. The second kappa shape index (κ2) is 7.71. The van der Waals surface area contributed by atoms with Crippen molar-refractivity contribution in [2.45, 2.75) is 36.8 Å². The van der Waals surface area contributed by atoms with Gasteiger partial charge in [0, 0.05) is 23.2 Å². The molecule has 5 heteroatoms. The zero-order chi connectivity index (χ0) is 16.9. The SMILES string of the molecule is CC(C)Sc1ccccc1C(=O)Nc1ccc(N2CCCC2)nc1. The smallest absolute Gasteiger partial charge is 0.256 e. The highest BCUT2D eigenvalue weighted by Crippen LogP contribution is 2.27. The van der Waals surface area contributed by atoms with E-state index in [0.717, 1.165) is 29.5 Å². The lowest BCUT2D eigenvalue weighted by molar-refractivity contribution is 0.102. The fourth-order valence-electron chi connectivity index (χ4n) is 2.80. The first-order valence-electron chi connectivity index (χ1n) is 8.41. The molecule has 1 aromatic heterocycles. The number of rotatable bonds is 5. The molecule has 0 saturated carbocycles. The summed E-state index contributed by atoms with van der Waals surface area (Å²) in [5.41, 5.74) is 1.44. The lowest BCUT2D eigenvalue weighted by atomic mass is 10.2. The molecule has 0 aliphatic carbocycles. The number of pyridine rings is 1. The fraction of sp³-hybridized carbons (Fsp3) is 0.368. The molecule has 4 nitrogen and oxygen atoms in total. The largest absolute Gasteiger partial charge is 0.357 e. The molecule has 126 valence electrons. The Kier molecular flexibility index (Phi) is 5.41. The van der Waals surface area contributed by atoms with E-state index in [1.165, 1.54) is 12.8 Å². The highest BCUT2D eigenvalue weighted by Gasteiger charge is 2.15. The van der Waals surface area contributed by atoms with Gasteiger partial charge in [-0.25, -0.2) is 4.98 Å². The summed E-state index contributed by atoms with van der Waals surface area (Å²) in [6, 6.07) is 11.6. The summed E-state index contributed by atoms with van der Waals surface area (Å²) in [7, 11) is 0. The average molecular weight is 341 g/mol. The minimum atomic E-state index is -0.0885. The molecule has 0 atom stereocenters. The number of hydrogen-bond donors (Lipinski definition) is 1. The molecule has 0 bridgehead atoms. The number of anilines is 2. The minimum Gasteiger partial charge on any atom is -0.357 e. The lowest BCUT2D eigenvalue weighted by Crippen LogP contribution is -2.19. The van der Waals surface area contributed by atoms with Crippen molar-refractivity contribution >= 4 is 29.2 Å². The van der Waals surface area contributed by atoms with Gasteiger partial charge >= 0.3 is 0 Å². The van der Waals surface area contributed by atoms with Crippen LogP contribution in [-0.4, -0.2) is 29.2 Å². The zero-order valence-corrected chi connectivity index (χ0v) is 15.0. The zero-order valence-electron chi connectivity index (χ0n) is 14.2. The van der Waals surface area contributed by atoms with Crippen LogP contribution in [0.1, 0.15) is 37.0 Å². The summed E-state index contributed by atoms with van der Waals surface area (Å²) in [5.74, 6) is 0.899. The first-order valence-corrected chi connectivity index (χ1v) is 9.29. The Morgan fingerprint density at radius 1 is 1.17 bits per heavy atom. The molecule has 0 unspecified atom stereocenters. The summed E-state index contributed by atoms with van der Waals surface area (Å²) < 4.78 is 0. The van der Waals surface area contributed by atoms with Crippen LogP contribution in [0.15, 0.2) is 47.5 Å². The van der Waals surface area contributed by atoms with E-state index in [-0.39, 0.29) is 5.91 Å². The van der Waals surface area contributed by atoms with Crippen LogP contribution in [0, 0.1) is 0 Å². The van der Waals surface area contributed by atoms with Gasteiger partial charge in [-0.1, -0.05) is 26.0 Å². The molecule has 24 heavy (non-hydrogen) atoms. The molecular formula is C19H23N3OS. The maximum atomic E-state index is 12.6. The highest BCUT2D eigenvalue weighted by molar-refractivity contribution is 8.00. The molecule has 1 N–H and O–H groups in total. The molecular weight excluding hydrogens is 318 g/mol. The second-order valence-corrected chi connectivity index (χ2v) is 7.83. The minimum absolute atomic E-state index is 0.0885. The van der Waals surface area contributed by atoms with Crippen LogP contribution < -0.4 is 10.2 Å². The number of nitrogens with one attached hydrogen (secondary N) is 1. The van der Waals surface area contributed by atoms with Gasteiger partial charge in [0.2, 0.25) is 0 Å². The molecule has 3 rings (SSSR count). The molecule has 0 radical (unpaired) electrons. The van der Waals surface area contributed by atoms with Crippen LogP contribution in [0.2, 0.25) is 0 Å². The predicted molar refractivity (Wildman–Crippen MR) is 101 cm³/mol. The molecule has 0 spiro atoms. The molecule has 1 amide bonds. The van der Waals surface area contributed by atoms with E-state index in [2.05, 4.69) is 29.0 Å². The van der Waals surface area contributed by atoms with E-state index in [0.29, 0.717) is 10.8 Å². The maximum Gasteiger partial charge on any atom is 0.256 e. The predicted octanol–water partition coefficient (Wildman–Crippen LogP) is 4.43. The molecule has 2 heterocycles. The number of amides is 1. The number of carbonyl (C=O) groups excluding carboxylic acids is 1. The second-order valence-electron chi connectivity index (χ2n) is 6.22. The van der Waals surface area contributed by atoms with Crippen molar-refractivity contribution in [3.8, 4) is 0 Å². The van der Waals surface area contributed by atoms with Gasteiger partial charge in [0.05, 0.1) is 17.4 Å². The van der Waals surface area contributed by atoms with Gasteiger partial charge in [-0.05, 0) is 37.1 Å². The summed E-state index contributed by atoms with van der Waals surface area (Å²) in [4.78, 5) is 20.4. The van der Waals surface area contributed by atoms with Crippen molar-refractivity contribution in [1.82, 2.24) is 4.98 Å². The quantitative estimate of drug-likeness (QED) is 0.817. The molecule has 2 aromatic rings. The number of hydrogen-bond acceptors (Lipinski definition) is 4. The molecule has 1 aliphatic heterocycles. The van der Waals surface area contributed by atoms with E-state index < -0.39 is 0 Å². The first-order chi connectivity index (χ1) is 11.6. The summed E-state index contributed by atoms with van der Waals surface area (Å²) >= 11 is 1.70. The van der Waals surface area contributed by atoms with Crippen molar-refractivity contribution in [3.63, 3.8) is 0 Å². The van der Waals surface area contributed by atoms with Gasteiger partial charge in [-0.15, -0.1) is 11.8 Å². The normalized spacial score (nSPS) is 14.2. The number of nitrogens with zero attached hydrogens (tertiary/aromatic N) is 2. The van der Waals surface area contributed by atoms with E-state index in [1.54, 1.807) is 18.0 Å². The summed E-state index contributed by atoms with van der Waals surface area (Å²) in [6.07, 6.45) is 4.19. The van der Waals surface area contributed by atoms with E-state index in [4.69, 9.17) is 0 Å². The van der Waals surface area contributed by atoms with E-state index in [9.17, 15) is 4.79 Å². The Morgan fingerprint density at radius 3 is 2.58 bits per heavy atom. The Labute approximate surface area is 147 Å². The number of thioether (sulfide) groups is 1. The number of carbonyl (C=O) groups is 1. The van der Waals surface area contributed by atoms with Crippen LogP contribution in [0.5, 0.6) is 0 Å². The van der Waals surface area contributed by atoms with Gasteiger partial charge < -0.3 is 10.2 Å². The van der Waals surface area contributed by atoms with Crippen LogP contribution in [-0.2, 0) is 0 Å². The average Bonchev–Trinajstić information content (AvgIpc) is 3.10. The Morgan fingerprint density at radius 2 is 1.92 bits per heavy atom. The lowest BCUT2D eigenvalue weighted by Gasteiger charge is -2.16. The van der Waals surface area contributed by atoms with Crippen LogP contribution in [0.4, 0.5) is 11.5 Å². The number of aromatic nitrogens is 1. The maximum absolute atomic E-state index is 12.6. The van der Waals surface area contributed by atoms with E-state index in [1.807, 2.05) is 36.4 Å². The van der Waals surface area contributed by atoms with Gasteiger partial charge in [-0.3, -0.25) is 4.79 Å². The van der Waals surface area contributed by atoms with Crippen molar-refractivity contribution in [3.05, 3.63) is 48.2 Å². The molecule has 1 fully saturated rings.